The Kier molecular flexibility index (Phi) is 3.47. The minimum atomic E-state index is -0.162. The Bertz CT molecular complexity index is 379. The molecule has 1 aromatic rings. The standard InChI is InChI=1S/C12H16ClNO/c13-11-7-6-10(14-12(11)15)8-9-4-2-1-3-5-9/h6-7,9H,1-5,8H2,(H,14,15). The van der Waals surface area contributed by atoms with E-state index in [0.29, 0.717) is 0 Å². The average molecular weight is 226 g/mol. The van der Waals surface area contributed by atoms with Crippen molar-refractivity contribution in [1.29, 1.82) is 0 Å². The van der Waals surface area contributed by atoms with E-state index in [4.69, 9.17) is 11.6 Å². The summed E-state index contributed by atoms with van der Waals surface area (Å²) in [5.74, 6) is 0.746. The van der Waals surface area contributed by atoms with Gasteiger partial charge in [0.15, 0.2) is 0 Å². The highest BCUT2D eigenvalue weighted by atomic mass is 35.5. The Morgan fingerprint density at radius 3 is 2.67 bits per heavy atom. The molecule has 2 rings (SSSR count). The van der Waals surface area contributed by atoms with E-state index in [0.717, 1.165) is 18.0 Å². The summed E-state index contributed by atoms with van der Waals surface area (Å²) >= 11 is 5.68. The first-order chi connectivity index (χ1) is 7.25. The average Bonchev–Trinajstić information content (AvgIpc) is 2.25. The van der Waals surface area contributed by atoms with Gasteiger partial charge in [0.05, 0.1) is 0 Å². The number of hydrogen-bond acceptors (Lipinski definition) is 1. The van der Waals surface area contributed by atoms with Gasteiger partial charge in [-0.15, -0.1) is 0 Å². The monoisotopic (exact) mass is 225 g/mol. The number of pyridine rings is 1. The molecule has 0 bridgehead atoms. The second-order valence-electron chi connectivity index (χ2n) is 4.37. The van der Waals surface area contributed by atoms with Crippen molar-refractivity contribution in [2.75, 3.05) is 0 Å². The van der Waals surface area contributed by atoms with Crippen LogP contribution in [0.15, 0.2) is 16.9 Å². The number of rotatable bonds is 2. The lowest BCUT2D eigenvalue weighted by atomic mass is 9.86. The smallest absolute Gasteiger partial charge is 0.266 e. The zero-order valence-electron chi connectivity index (χ0n) is 8.76. The van der Waals surface area contributed by atoms with Gasteiger partial charge in [-0.25, -0.2) is 0 Å². The quantitative estimate of drug-likeness (QED) is 0.824. The Balaban J connectivity index is 2.03. The van der Waals surface area contributed by atoms with E-state index in [2.05, 4.69) is 4.98 Å². The van der Waals surface area contributed by atoms with E-state index in [-0.39, 0.29) is 10.6 Å². The van der Waals surface area contributed by atoms with Gasteiger partial charge in [-0.1, -0.05) is 43.7 Å². The summed E-state index contributed by atoms with van der Waals surface area (Å²) in [6.07, 6.45) is 7.63. The summed E-state index contributed by atoms with van der Waals surface area (Å²) in [6, 6.07) is 3.62. The first kappa shape index (κ1) is 10.7. The van der Waals surface area contributed by atoms with Gasteiger partial charge in [0.25, 0.3) is 5.56 Å². The maximum Gasteiger partial charge on any atom is 0.266 e. The van der Waals surface area contributed by atoms with Crippen LogP contribution in [0.2, 0.25) is 5.02 Å². The van der Waals surface area contributed by atoms with Crippen molar-refractivity contribution in [1.82, 2.24) is 4.98 Å². The minimum absolute atomic E-state index is 0.162. The van der Waals surface area contributed by atoms with Gasteiger partial charge >= 0.3 is 0 Å². The zero-order valence-corrected chi connectivity index (χ0v) is 9.52. The highest BCUT2D eigenvalue weighted by molar-refractivity contribution is 6.30. The van der Waals surface area contributed by atoms with E-state index in [9.17, 15) is 4.79 Å². The van der Waals surface area contributed by atoms with Gasteiger partial charge in [0, 0.05) is 5.69 Å². The van der Waals surface area contributed by atoms with Crippen LogP contribution in [-0.2, 0) is 6.42 Å². The van der Waals surface area contributed by atoms with Crippen LogP contribution in [-0.4, -0.2) is 4.98 Å². The molecule has 1 saturated carbocycles. The molecule has 1 heterocycles. The Morgan fingerprint density at radius 2 is 2.00 bits per heavy atom. The first-order valence-corrected chi connectivity index (χ1v) is 6.01. The third-order valence-electron chi connectivity index (χ3n) is 3.16. The third-order valence-corrected chi connectivity index (χ3v) is 3.45. The van der Waals surface area contributed by atoms with Crippen LogP contribution in [0, 0.1) is 5.92 Å². The number of aromatic amines is 1. The van der Waals surface area contributed by atoms with Crippen molar-refractivity contribution in [3.05, 3.63) is 33.2 Å². The molecule has 0 amide bonds. The molecule has 1 fully saturated rings. The molecule has 82 valence electrons. The first-order valence-electron chi connectivity index (χ1n) is 5.63. The summed E-state index contributed by atoms with van der Waals surface area (Å²) in [5, 5.41) is 0.280. The van der Waals surface area contributed by atoms with E-state index < -0.39 is 0 Å². The van der Waals surface area contributed by atoms with Crippen LogP contribution in [0.5, 0.6) is 0 Å². The van der Waals surface area contributed by atoms with Gasteiger partial charge < -0.3 is 4.98 Å². The van der Waals surface area contributed by atoms with E-state index in [1.807, 2.05) is 6.07 Å². The fraction of sp³-hybridized carbons (Fsp3) is 0.583. The summed E-state index contributed by atoms with van der Waals surface area (Å²) in [6.45, 7) is 0. The molecule has 0 saturated heterocycles. The molecule has 0 aliphatic heterocycles. The number of halogens is 1. The Hall–Kier alpha value is -0.760. The molecule has 15 heavy (non-hydrogen) atoms. The normalized spacial score (nSPS) is 17.9. The molecule has 1 aliphatic rings. The van der Waals surface area contributed by atoms with Gasteiger partial charge in [-0.2, -0.15) is 0 Å². The molecule has 0 aromatic carbocycles. The highest BCUT2D eigenvalue weighted by Crippen LogP contribution is 2.26. The number of H-pyrrole nitrogens is 1. The molecule has 3 heteroatoms. The SMILES string of the molecule is O=c1[nH]c(CC2CCCCC2)ccc1Cl. The van der Waals surface area contributed by atoms with E-state index in [1.165, 1.54) is 32.1 Å². The Morgan fingerprint density at radius 1 is 1.27 bits per heavy atom. The lowest BCUT2D eigenvalue weighted by molar-refractivity contribution is 0.354. The molecular formula is C12H16ClNO. The minimum Gasteiger partial charge on any atom is -0.325 e. The van der Waals surface area contributed by atoms with E-state index in [1.54, 1.807) is 6.07 Å². The van der Waals surface area contributed by atoms with Gasteiger partial charge in [-0.05, 0) is 24.5 Å². The molecule has 0 unspecified atom stereocenters. The fourth-order valence-electron chi connectivity index (χ4n) is 2.32. The fourth-order valence-corrected chi connectivity index (χ4v) is 2.43. The zero-order chi connectivity index (χ0) is 10.7. The van der Waals surface area contributed by atoms with Crippen LogP contribution in [0.25, 0.3) is 0 Å². The van der Waals surface area contributed by atoms with Crippen LogP contribution in [0.1, 0.15) is 37.8 Å². The Labute approximate surface area is 94.7 Å². The van der Waals surface area contributed by atoms with Crippen molar-refractivity contribution in [3.63, 3.8) is 0 Å². The number of nitrogens with one attached hydrogen (secondary N) is 1. The second kappa shape index (κ2) is 4.84. The molecule has 1 aliphatic carbocycles. The molecule has 0 spiro atoms. The number of aromatic nitrogens is 1. The summed E-state index contributed by atoms with van der Waals surface area (Å²) in [5.41, 5.74) is 0.862. The third kappa shape index (κ3) is 2.85. The largest absolute Gasteiger partial charge is 0.325 e. The van der Waals surface area contributed by atoms with Crippen molar-refractivity contribution >= 4 is 11.6 Å². The summed E-state index contributed by atoms with van der Waals surface area (Å²) in [7, 11) is 0. The summed E-state index contributed by atoms with van der Waals surface area (Å²) in [4.78, 5) is 14.1. The van der Waals surface area contributed by atoms with Gasteiger partial charge in [0.1, 0.15) is 5.02 Å². The molecular weight excluding hydrogens is 210 g/mol. The van der Waals surface area contributed by atoms with Gasteiger partial charge in [-0.3, -0.25) is 4.79 Å². The molecule has 0 atom stereocenters. The molecule has 2 nitrogen and oxygen atoms in total. The van der Waals surface area contributed by atoms with Crippen LogP contribution >= 0.6 is 11.6 Å². The predicted molar refractivity (Wildman–Crippen MR) is 62.4 cm³/mol. The van der Waals surface area contributed by atoms with Crippen molar-refractivity contribution in [3.8, 4) is 0 Å². The summed E-state index contributed by atoms with van der Waals surface area (Å²) < 4.78 is 0. The lowest BCUT2D eigenvalue weighted by Gasteiger charge is -2.21. The highest BCUT2D eigenvalue weighted by Gasteiger charge is 2.14. The maximum absolute atomic E-state index is 11.3. The van der Waals surface area contributed by atoms with Crippen LogP contribution in [0.4, 0.5) is 0 Å². The van der Waals surface area contributed by atoms with Gasteiger partial charge in [0.2, 0.25) is 0 Å². The molecule has 1 aromatic heterocycles. The van der Waals surface area contributed by atoms with Crippen LogP contribution in [0.3, 0.4) is 0 Å². The predicted octanol–water partition coefficient (Wildman–Crippen LogP) is 3.15. The lowest BCUT2D eigenvalue weighted by Crippen LogP contribution is -2.14. The van der Waals surface area contributed by atoms with Crippen LogP contribution < -0.4 is 5.56 Å². The van der Waals surface area contributed by atoms with Crippen molar-refractivity contribution in [2.45, 2.75) is 38.5 Å². The van der Waals surface area contributed by atoms with Crippen molar-refractivity contribution in [2.24, 2.45) is 5.92 Å². The van der Waals surface area contributed by atoms with Crippen molar-refractivity contribution < 1.29 is 0 Å². The molecule has 0 radical (unpaired) electrons. The maximum atomic E-state index is 11.3. The second-order valence-corrected chi connectivity index (χ2v) is 4.78. The van der Waals surface area contributed by atoms with E-state index >= 15 is 0 Å². The number of hydrogen-bond donors (Lipinski definition) is 1. The topological polar surface area (TPSA) is 32.9 Å². The molecule has 1 N–H and O–H groups in total.